The number of anilines is 2. The van der Waals surface area contributed by atoms with Crippen molar-refractivity contribution in [3.63, 3.8) is 0 Å². The Morgan fingerprint density at radius 3 is 1.71 bits per heavy atom. The smallest absolute Gasteiger partial charge is 0.330 e. The lowest BCUT2D eigenvalue weighted by molar-refractivity contribution is 0.220. The van der Waals surface area contributed by atoms with Crippen LogP contribution in [0.25, 0.3) is 0 Å². The second kappa shape index (κ2) is 9.63. The van der Waals surface area contributed by atoms with Gasteiger partial charge in [-0.15, -0.1) is 0 Å². The van der Waals surface area contributed by atoms with Gasteiger partial charge in [0.25, 0.3) is 0 Å². The van der Waals surface area contributed by atoms with E-state index in [4.69, 9.17) is 9.05 Å². The molecule has 2 aromatic carbocycles. The van der Waals surface area contributed by atoms with E-state index in [2.05, 4.69) is 29.2 Å². The van der Waals surface area contributed by atoms with Crippen LogP contribution in [0, 0.1) is 0 Å². The Balaban J connectivity index is 2.08. The summed E-state index contributed by atoms with van der Waals surface area (Å²) >= 11 is 0. The van der Waals surface area contributed by atoms with E-state index in [1.165, 1.54) is 0 Å². The van der Waals surface area contributed by atoms with Gasteiger partial charge in [0.1, 0.15) is 0 Å². The van der Waals surface area contributed by atoms with Crippen molar-refractivity contribution in [3.8, 4) is 0 Å². The zero-order valence-corrected chi connectivity index (χ0v) is 15.3. The van der Waals surface area contributed by atoms with E-state index in [1.807, 2.05) is 50.2 Å². The minimum absolute atomic E-state index is 0.401. The molecule has 0 heterocycles. The van der Waals surface area contributed by atoms with Crippen LogP contribution in [0.2, 0.25) is 0 Å². The quantitative estimate of drug-likeness (QED) is 0.533. The minimum atomic E-state index is -2.99. The number of benzene rings is 2. The average molecular weight is 347 g/mol. The molecule has 0 bridgehead atoms. The lowest BCUT2D eigenvalue weighted by atomic mass is 10.2. The number of rotatable bonds is 10. The Bertz CT molecular complexity index is 584. The Kier molecular flexibility index (Phi) is 7.51. The maximum absolute atomic E-state index is 12.6. The van der Waals surface area contributed by atoms with Crippen LogP contribution >= 0.6 is 7.60 Å². The normalized spacial score (nSPS) is 11.4. The first-order valence-corrected chi connectivity index (χ1v) is 10.2. The molecule has 0 saturated heterocycles. The van der Waals surface area contributed by atoms with Gasteiger partial charge in [-0.1, -0.05) is 36.4 Å². The van der Waals surface area contributed by atoms with Crippen molar-refractivity contribution >= 4 is 19.0 Å². The van der Waals surface area contributed by atoms with E-state index in [-0.39, 0.29) is 0 Å². The number of hydrogen-bond acceptors (Lipinski definition) is 4. The summed E-state index contributed by atoms with van der Waals surface area (Å²) < 4.78 is 23.4. The summed E-state index contributed by atoms with van der Waals surface area (Å²) in [5.41, 5.74) is 2.23. The van der Waals surface area contributed by atoms with Crippen molar-refractivity contribution in [2.45, 2.75) is 20.3 Å². The van der Waals surface area contributed by atoms with E-state index < -0.39 is 7.60 Å². The summed E-state index contributed by atoms with van der Waals surface area (Å²) in [4.78, 5) is 2.22. The number of nitrogens with zero attached hydrogens (tertiary/aromatic N) is 1. The lowest BCUT2D eigenvalue weighted by Gasteiger charge is -2.26. The molecule has 0 saturated carbocycles. The van der Waals surface area contributed by atoms with Crippen molar-refractivity contribution in [2.75, 3.05) is 30.8 Å². The average Bonchev–Trinajstić information content (AvgIpc) is 2.61. The highest BCUT2D eigenvalue weighted by atomic mass is 31.2. The molecule has 0 radical (unpaired) electrons. The van der Waals surface area contributed by atoms with Gasteiger partial charge in [-0.2, -0.15) is 0 Å². The van der Waals surface area contributed by atoms with Crippen LogP contribution in [0.15, 0.2) is 60.7 Å². The fraction of sp³-hybridized carbons (Fsp3) is 0.368. The highest BCUT2D eigenvalue weighted by Gasteiger charge is 2.23. The second-order valence-electron chi connectivity index (χ2n) is 5.35. The van der Waals surface area contributed by atoms with Crippen molar-refractivity contribution in [1.29, 1.82) is 0 Å². The molecular formula is C19H26NO3P. The van der Waals surface area contributed by atoms with Gasteiger partial charge in [-0.3, -0.25) is 4.57 Å². The largest absolute Gasteiger partial charge is 0.341 e. The fourth-order valence-corrected chi connectivity index (χ4v) is 4.25. The van der Waals surface area contributed by atoms with Gasteiger partial charge < -0.3 is 13.9 Å². The van der Waals surface area contributed by atoms with Crippen LogP contribution in [0.4, 0.5) is 11.4 Å². The molecule has 0 aromatic heterocycles. The third-order valence-corrected chi connectivity index (χ3v) is 5.77. The summed E-state index contributed by atoms with van der Waals surface area (Å²) in [5, 5.41) is 0. The van der Waals surface area contributed by atoms with Crippen LogP contribution in [-0.4, -0.2) is 25.9 Å². The molecule has 24 heavy (non-hydrogen) atoms. The van der Waals surface area contributed by atoms with Crippen LogP contribution in [0.5, 0.6) is 0 Å². The highest BCUT2D eigenvalue weighted by Crippen LogP contribution is 2.48. The predicted octanol–water partition coefficient (Wildman–Crippen LogP) is 5.48. The predicted molar refractivity (Wildman–Crippen MR) is 100 cm³/mol. The first-order chi connectivity index (χ1) is 11.7. The van der Waals surface area contributed by atoms with Crippen LogP contribution in [0.3, 0.4) is 0 Å². The Hall–Kier alpha value is -1.61. The molecule has 0 N–H and O–H groups in total. The Morgan fingerprint density at radius 2 is 1.29 bits per heavy atom. The van der Waals surface area contributed by atoms with Gasteiger partial charge in [0, 0.05) is 17.9 Å². The molecule has 0 atom stereocenters. The van der Waals surface area contributed by atoms with Crippen LogP contribution in [-0.2, 0) is 13.6 Å². The van der Waals surface area contributed by atoms with E-state index in [0.29, 0.717) is 19.4 Å². The maximum Gasteiger partial charge on any atom is 0.330 e. The van der Waals surface area contributed by atoms with Gasteiger partial charge in [0.15, 0.2) is 0 Å². The fourth-order valence-electron chi connectivity index (χ4n) is 2.61. The molecular weight excluding hydrogens is 321 g/mol. The SMILES string of the molecule is CCOP(=O)(CCCN(c1ccccc1)c1ccccc1)OCC. The summed E-state index contributed by atoms with van der Waals surface area (Å²) in [5.74, 6) is 0. The first kappa shape index (κ1) is 18.7. The zero-order valence-electron chi connectivity index (χ0n) is 14.4. The van der Waals surface area contributed by atoms with Crippen molar-refractivity contribution in [1.82, 2.24) is 0 Å². The molecule has 0 spiro atoms. The monoisotopic (exact) mass is 347 g/mol. The van der Waals surface area contributed by atoms with Gasteiger partial charge in [-0.25, -0.2) is 0 Å². The molecule has 0 aliphatic carbocycles. The molecule has 5 heteroatoms. The number of para-hydroxylation sites is 2. The van der Waals surface area contributed by atoms with Gasteiger partial charge >= 0.3 is 7.60 Å². The number of hydrogen-bond donors (Lipinski definition) is 0. The van der Waals surface area contributed by atoms with E-state index in [1.54, 1.807) is 0 Å². The molecule has 4 nitrogen and oxygen atoms in total. The second-order valence-corrected chi connectivity index (χ2v) is 7.53. The lowest BCUT2D eigenvalue weighted by Crippen LogP contribution is -2.19. The Labute approximate surface area is 144 Å². The molecule has 2 rings (SSSR count). The molecule has 0 aliphatic rings. The van der Waals surface area contributed by atoms with Gasteiger partial charge in [0.2, 0.25) is 0 Å². The molecule has 130 valence electrons. The third kappa shape index (κ3) is 5.48. The van der Waals surface area contributed by atoms with Crippen LogP contribution in [0.1, 0.15) is 20.3 Å². The molecule has 2 aromatic rings. The topological polar surface area (TPSA) is 38.8 Å². The Morgan fingerprint density at radius 1 is 0.833 bits per heavy atom. The molecule has 0 aliphatic heterocycles. The minimum Gasteiger partial charge on any atom is -0.341 e. The standard InChI is InChI=1S/C19H26NO3P/c1-3-22-24(21,23-4-2)17-11-16-20(18-12-7-5-8-13-18)19-14-9-6-10-15-19/h5-10,12-15H,3-4,11,16-17H2,1-2H3. The highest BCUT2D eigenvalue weighted by molar-refractivity contribution is 7.53. The van der Waals surface area contributed by atoms with E-state index >= 15 is 0 Å². The van der Waals surface area contributed by atoms with E-state index in [0.717, 1.165) is 24.3 Å². The van der Waals surface area contributed by atoms with Crippen LogP contribution < -0.4 is 4.90 Å². The van der Waals surface area contributed by atoms with Crippen molar-refractivity contribution in [3.05, 3.63) is 60.7 Å². The van der Waals surface area contributed by atoms with E-state index in [9.17, 15) is 4.57 Å². The molecule has 0 fully saturated rings. The summed E-state index contributed by atoms with van der Waals surface area (Å²) in [6.07, 6.45) is 1.14. The summed E-state index contributed by atoms with van der Waals surface area (Å²) in [6.45, 7) is 5.23. The summed E-state index contributed by atoms with van der Waals surface area (Å²) in [6, 6.07) is 20.4. The van der Waals surface area contributed by atoms with Crippen molar-refractivity contribution < 1.29 is 13.6 Å². The molecule has 0 amide bonds. The third-order valence-electron chi connectivity index (χ3n) is 3.60. The maximum atomic E-state index is 12.6. The van der Waals surface area contributed by atoms with Gasteiger partial charge in [0.05, 0.1) is 19.4 Å². The first-order valence-electron chi connectivity index (χ1n) is 8.44. The van der Waals surface area contributed by atoms with Gasteiger partial charge in [-0.05, 0) is 44.5 Å². The van der Waals surface area contributed by atoms with Crippen molar-refractivity contribution in [2.24, 2.45) is 0 Å². The zero-order chi connectivity index (χ0) is 17.3. The summed E-state index contributed by atoms with van der Waals surface area (Å²) in [7, 11) is -2.99. The molecule has 0 unspecified atom stereocenters.